The molecule has 8 nitrogen and oxygen atoms in total. The summed E-state index contributed by atoms with van der Waals surface area (Å²) in [4.78, 5) is 14.5. The van der Waals surface area contributed by atoms with E-state index in [1.54, 1.807) is 6.92 Å². The minimum atomic E-state index is -0.713. The number of aromatic nitrogens is 1. The zero-order chi connectivity index (χ0) is 20.1. The van der Waals surface area contributed by atoms with Crippen LogP contribution in [0.3, 0.4) is 0 Å². The maximum atomic E-state index is 12.2. The summed E-state index contributed by atoms with van der Waals surface area (Å²) in [5, 5.41) is 27.7. The van der Waals surface area contributed by atoms with Crippen LogP contribution < -0.4 is 20.8 Å². The van der Waals surface area contributed by atoms with E-state index >= 15 is 0 Å². The third-order valence-corrected chi connectivity index (χ3v) is 5.56. The second kappa shape index (κ2) is 8.59. The van der Waals surface area contributed by atoms with E-state index in [9.17, 15) is 15.3 Å². The molecule has 136 valence electrons. The second-order valence-corrected chi connectivity index (χ2v) is 6.56. The average Bonchev–Trinajstić information content (AvgIpc) is 2.64. The molecule has 0 aliphatic heterocycles. The second-order valence-electron chi connectivity index (χ2n) is 4.98. The number of anilines is 1. The molecule has 1 heterocycles. The van der Waals surface area contributed by atoms with Crippen LogP contribution in [0.5, 0.6) is 11.5 Å². The lowest BCUT2D eigenvalue weighted by molar-refractivity contribution is 0.297. The first-order valence-corrected chi connectivity index (χ1v) is 9.00. The van der Waals surface area contributed by atoms with Gasteiger partial charge in [0.2, 0.25) is 0 Å². The van der Waals surface area contributed by atoms with Crippen molar-refractivity contribution in [1.29, 1.82) is 15.8 Å². The summed E-state index contributed by atoms with van der Waals surface area (Å²) < 4.78 is 11.8. The van der Waals surface area contributed by atoms with Crippen LogP contribution in [0.2, 0.25) is 0 Å². The van der Waals surface area contributed by atoms with E-state index < -0.39 is 5.56 Å². The third-order valence-electron chi connectivity index (χ3n) is 3.45. The summed E-state index contributed by atoms with van der Waals surface area (Å²) >= 11 is 6.75. The van der Waals surface area contributed by atoms with Crippen LogP contribution in [0.4, 0.5) is 5.82 Å². The maximum absolute atomic E-state index is 12.2. The fourth-order valence-electron chi connectivity index (χ4n) is 2.38. The number of aromatic amines is 1. The highest BCUT2D eigenvalue weighted by Crippen LogP contribution is 2.47. The minimum Gasteiger partial charge on any atom is -0.490 e. The molecule has 3 N–H and O–H groups in total. The molecular formula is C17H11Br2N5O3. The molecule has 0 aliphatic carbocycles. The van der Waals surface area contributed by atoms with Gasteiger partial charge in [0.25, 0.3) is 5.56 Å². The van der Waals surface area contributed by atoms with Crippen LogP contribution in [0.25, 0.3) is 11.1 Å². The fraction of sp³-hybridized carbons (Fsp3) is 0.176. The molecule has 0 saturated heterocycles. The Morgan fingerprint density at radius 3 is 2.37 bits per heavy atom. The number of ether oxygens (including phenoxy) is 2. The van der Waals surface area contributed by atoms with Gasteiger partial charge < -0.3 is 20.2 Å². The van der Waals surface area contributed by atoms with Crippen molar-refractivity contribution in [2.24, 2.45) is 0 Å². The van der Waals surface area contributed by atoms with Crippen molar-refractivity contribution < 1.29 is 9.47 Å². The molecule has 27 heavy (non-hydrogen) atoms. The number of nitrogens with one attached hydrogen (secondary N) is 1. The summed E-state index contributed by atoms with van der Waals surface area (Å²) in [6.45, 7) is 1.84. The molecule has 2 rings (SSSR count). The number of nitrogens with zero attached hydrogens (tertiary/aromatic N) is 3. The predicted octanol–water partition coefficient (Wildman–Crippen LogP) is 3.19. The first kappa shape index (κ1) is 20.3. The quantitative estimate of drug-likeness (QED) is 0.650. The van der Waals surface area contributed by atoms with Crippen molar-refractivity contribution in [3.8, 4) is 40.8 Å². The van der Waals surface area contributed by atoms with Gasteiger partial charge >= 0.3 is 0 Å². The largest absolute Gasteiger partial charge is 0.490 e. The van der Waals surface area contributed by atoms with Crippen molar-refractivity contribution in [3.05, 3.63) is 36.5 Å². The first-order valence-electron chi connectivity index (χ1n) is 7.42. The highest BCUT2D eigenvalue weighted by Gasteiger charge is 2.25. The fourth-order valence-corrected chi connectivity index (χ4v) is 3.40. The molecule has 0 atom stereocenters. The van der Waals surface area contributed by atoms with Crippen molar-refractivity contribution >= 4 is 37.7 Å². The monoisotopic (exact) mass is 491 g/mol. The first-order chi connectivity index (χ1) is 12.9. The van der Waals surface area contributed by atoms with E-state index in [0.29, 0.717) is 21.1 Å². The third kappa shape index (κ3) is 3.75. The zero-order valence-corrected chi connectivity index (χ0v) is 17.1. The normalized spacial score (nSPS) is 9.78. The lowest BCUT2D eigenvalue weighted by Crippen LogP contribution is -2.16. The molecule has 0 spiro atoms. The van der Waals surface area contributed by atoms with Gasteiger partial charge in [-0.25, -0.2) is 0 Å². The molecule has 0 fully saturated rings. The van der Waals surface area contributed by atoms with E-state index in [-0.39, 0.29) is 40.6 Å². The van der Waals surface area contributed by atoms with Gasteiger partial charge in [0.1, 0.15) is 35.2 Å². The zero-order valence-electron chi connectivity index (χ0n) is 13.9. The Hall–Kier alpha value is -3.00. The van der Waals surface area contributed by atoms with Gasteiger partial charge in [-0.1, -0.05) is 0 Å². The van der Waals surface area contributed by atoms with E-state index in [1.807, 2.05) is 18.2 Å². The summed E-state index contributed by atoms with van der Waals surface area (Å²) in [6.07, 6.45) is 0. The van der Waals surface area contributed by atoms with Gasteiger partial charge in [0.15, 0.2) is 18.1 Å². The standard InChI is InChI=1S/C17H11Br2N5O3/c1-2-26-11-5-8(13(18)14(19)15(11)27-4-3-20)12-9(6-21)16(23)24-17(25)10(12)7-22/h5H,2,4H2,1H3,(H3,23,24,25). The van der Waals surface area contributed by atoms with Crippen molar-refractivity contribution in [2.45, 2.75) is 6.92 Å². The smallest absolute Gasteiger partial charge is 0.268 e. The predicted molar refractivity (Wildman–Crippen MR) is 104 cm³/mol. The minimum absolute atomic E-state index is 0.0492. The summed E-state index contributed by atoms with van der Waals surface area (Å²) in [5.41, 5.74) is 5.15. The van der Waals surface area contributed by atoms with E-state index in [4.69, 9.17) is 20.5 Å². The number of nitrogen functional groups attached to an aromatic ring is 1. The topological polar surface area (TPSA) is 149 Å². The van der Waals surface area contributed by atoms with Crippen LogP contribution in [0.1, 0.15) is 18.1 Å². The molecule has 1 aromatic heterocycles. The van der Waals surface area contributed by atoms with Gasteiger partial charge in [-0.15, -0.1) is 0 Å². The SMILES string of the molecule is CCOc1cc(-c2c(C#N)c(N)[nH]c(=O)c2C#N)c(Br)c(Br)c1OCC#N. The number of rotatable bonds is 5. The number of nitriles is 3. The van der Waals surface area contributed by atoms with Gasteiger partial charge in [-0.05, 0) is 44.8 Å². The number of pyridine rings is 1. The molecule has 2 aromatic rings. The van der Waals surface area contributed by atoms with Crippen LogP contribution in [-0.2, 0) is 0 Å². The average molecular weight is 493 g/mol. The highest BCUT2D eigenvalue weighted by molar-refractivity contribution is 9.13. The molecule has 0 bridgehead atoms. The van der Waals surface area contributed by atoms with E-state index in [0.717, 1.165) is 0 Å². The summed E-state index contributed by atoms with van der Waals surface area (Å²) in [6, 6.07) is 7.11. The lowest BCUT2D eigenvalue weighted by Gasteiger charge is -2.17. The van der Waals surface area contributed by atoms with Gasteiger partial charge in [0, 0.05) is 15.6 Å². The van der Waals surface area contributed by atoms with Crippen LogP contribution in [0.15, 0.2) is 19.8 Å². The molecule has 0 unspecified atom stereocenters. The molecule has 0 saturated carbocycles. The molecular weight excluding hydrogens is 482 g/mol. The highest BCUT2D eigenvalue weighted by atomic mass is 79.9. The van der Waals surface area contributed by atoms with Gasteiger partial charge in [-0.3, -0.25) is 4.79 Å². The van der Waals surface area contributed by atoms with Crippen LogP contribution in [-0.4, -0.2) is 18.2 Å². The molecule has 1 aromatic carbocycles. The number of nitrogens with two attached hydrogens (primary N) is 1. The molecule has 0 radical (unpaired) electrons. The summed E-state index contributed by atoms with van der Waals surface area (Å²) in [7, 11) is 0. The molecule has 0 aliphatic rings. The van der Waals surface area contributed by atoms with Crippen LogP contribution >= 0.6 is 31.9 Å². The molecule has 10 heteroatoms. The number of halogens is 2. The maximum Gasteiger partial charge on any atom is 0.268 e. The Bertz CT molecular complexity index is 1090. The Balaban J connectivity index is 2.94. The Morgan fingerprint density at radius 2 is 1.81 bits per heavy atom. The number of hydrogen-bond donors (Lipinski definition) is 2. The van der Waals surface area contributed by atoms with E-state index in [1.165, 1.54) is 6.07 Å². The van der Waals surface area contributed by atoms with Crippen molar-refractivity contribution in [3.63, 3.8) is 0 Å². The number of H-pyrrole nitrogens is 1. The van der Waals surface area contributed by atoms with E-state index in [2.05, 4.69) is 36.8 Å². The number of hydrogen-bond acceptors (Lipinski definition) is 7. The number of benzene rings is 1. The lowest BCUT2D eigenvalue weighted by atomic mass is 9.96. The van der Waals surface area contributed by atoms with Crippen molar-refractivity contribution in [2.75, 3.05) is 18.9 Å². The Labute approximate surface area is 171 Å². The summed E-state index contributed by atoms with van der Waals surface area (Å²) in [5.74, 6) is 0.385. The van der Waals surface area contributed by atoms with Gasteiger partial charge in [0.05, 0.1) is 11.1 Å². The van der Waals surface area contributed by atoms with Gasteiger partial charge in [-0.2, -0.15) is 15.8 Å². The Kier molecular flexibility index (Phi) is 6.46. The Morgan fingerprint density at radius 1 is 1.15 bits per heavy atom. The molecule has 0 amide bonds. The van der Waals surface area contributed by atoms with Crippen LogP contribution in [0, 0.1) is 34.0 Å². The van der Waals surface area contributed by atoms with Crippen molar-refractivity contribution in [1.82, 2.24) is 4.98 Å².